The van der Waals surface area contributed by atoms with E-state index in [1.165, 1.54) is 11.3 Å². The molecular weight excluding hydrogens is 247 g/mol. The van der Waals surface area contributed by atoms with Crippen LogP contribution in [0.5, 0.6) is 0 Å². The van der Waals surface area contributed by atoms with Crippen LogP contribution >= 0.6 is 0 Å². The minimum atomic E-state index is -0.919. The SMILES string of the molecule is CC1(C)NC(=O)C(C2CCCCC2)N(CCF)C1=O. The maximum atomic E-state index is 12.7. The molecule has 0 aromatic carbocycles. The van der Waals surface area contributed by atoms with Crippen molar-refractivity contribution < 1.29 is 14.0 Å². The van der Waals surface area contributed by atoms with Crippen LogP contribution in [0.3, 0.4) is 0 Å². The van der Waals surface area contributed by atoms with Crippen molar-refractivity contribution in [1.82, 2.24) is 10.2 Å². The molecule has 2 fully saturated rings. The number of piperazine rings is 1. The minimum Gasteiger partial charge on any atom is -0.340 e. The van der Waals surface area contributed by atoms with Crippen molar-refractivity contribution in [3.63, 3.8) is 0 Å². The first kappa shape index (κ1) is 14.3. The highest BCUT2D eigenvalue weighted by Gasteiger charge is 2.47. The highest BCUT2D eigenvalue weighted by molar-refractivity contribution is 5.99. The van der Waals surface area contributed by atoms with E-state index in [4.69, 9.17) is 0 Å². The highest BCUT2D eigenvalue weighted by Crippen LogP contribution is 2.32. The molecule has 0 radical (unpaired) electrons. The van der Waals surface area contributed by atoms with Gasteiger partial charge in [-0.2, -0.15) is 0 Å². The Hall–Kier alpha value is -1.13. The number of hydrogen-bond donors (Lipinski definition) is 1. The average molecular weight is 270 g/mol. The van der Waals surface area contributed by atoms with Crippen molar-refractivity contribution in [2.45, 2.75) is 57.5 Å². The van der Waals surface area contributed by atoms with Gasteiger partial charge in [-0.05, 0) is 32.6 Å². The molecule has 0 spiro atoms. The molecule has 1 saturated heterocycles. The van der Waals surface area contributed by atoms with Gasteiger partial charge in [-0.1, -0.05) is 19.3 Å². The van der Waals surface area contributed by atoms with Crippen LogP contribution in [-0.2, 0) is 9.59 Å². The fourth-order valence-electron chi connectivity index (χ4n) is 3.31. The van der Waals surface area contributed by atoms with Crippen LogP contribution in [0.4, 0.5) is 4.39 Å². The number of halogens is 1. The molecule has 1 unspecified atom stereocenters. The summed E-state index contributed by atoms with van der Waals surface area (Å²) in [6, 6.07) is -0.475. The number of amides is 2. The first-order valence-electron chi connectivity index (χ1n) is 7.16. The lowest BCUT2D eigenvalue weighted by atomic mass is 9.80. The maximum absolute atomic E-state index is 12.7. The van der Waals surface area contributed by atoms with Crippen molar-refractivity contribution in [2.24, 2.45) is 5.92 Å². The van der Waals surface area contributed by atoms with E-state index in [1.54, 1.807) is 13.8 Å². The van der Waals surface area contributed by atoms with Gasteiger partial charge in [0.2, 0.25) is 11.8 Å². The topological polar surface area (TPSA) is 49.4 Å². The third kappa shape index (κ3) is 2.74. The molecule has 2 amide bonds. The first-order valence-corrected chi connectivity index (χ1v) is 7.16. The van der Waals surface area contributed by atoms with Crippen molar-refractivity contribution in [3.05, 3.63) is 0 Å². The van der Waals surface area contributed by atoms with Crippen molar-refractivity contribution in [2.75, 3.05) is 13.2 Å². The monoisotopic (exact) mass is 270 g/mol. The third-order valence-electron chi connectivity index (χ3n) is 4.26. The number of carbonyl (C=O) groups excluding carboxylic acids is 2. The normalized spacial score (nSPS) is 28.4. The summed E-state index contributed by atoms with van der Waals surface area (Å²) in [5, 5.41) is 2.79. The van der Waals surface area contributed by atoms with Crippen molar-refractivity contribution in [3.8, 4) is 0 Å². The van der Waals surface area contributed by atoms with Crippen LogP contribution in [0.15, 0.2) is 0 Å². The van der Waals surface area contributed by atoms with Gasteiger partial charge in [0.1, 0.15) is 18.3 Å². The van der Waals surface area contributed by atoms with Gasteiger partial charge in [0.25, 0.3) is 0 Å². The lowest BCUT2D eigenvalue weighted by Gasteiger charge is -2.46. The summed E-state index contributed by atoms with van der Waals surface area (Å²) in [6.45, 7) is 2.78. The van der Waals surface area contributed by atoms with E-state index in [9.17, 15) is 14.0 Å². The zero-order valence-corrected chi connectivity index (χ0v) is 11.7. The second-order valence-corrected chi connectivity index (χ2v) is 6.14. The van der Waals surface area contributed by atoms with Crippen LogP contribution in [0, 0.1) is 5.92 Å². The van der Waals surface area contributed by atoms with Crippen molar-refractivity contribution in [1.29, 1.82) is 0 Å². The van der Waals surface area contributed by atoms with Crippen LogP contribution < -0.4 is 5.32 Å². The Labute approximate surface area is 113 Å². The maximum Gasteiger partial charge on any atom is 0.248 e. The Morgan fingerprint density at radius 2 is 1.89 bits per heavy atom. The predicted octanol–water partition coefficient (Wildman–Crippen LogP) is 1.64. The molecule has 1 N–H and O–H groups in total. The molecular formula is C14H23FN2O2. The zero-order chi connectivity index (χ0) is 14.0. The summed E-state index contributed by atoms with van der Waals surface area (Å²) >= 11 is 0. The first-order chi connectivity index (χ1) is 8.97. The number of hydrogen-bond acceptors (Lipinski definition) is 2. The molecule has 0 aromatic rings. The van der Waals surface area contributed by atoms with Gasteiger partial charge in [-0.3, -0.25) is 9.59 Å². The Morgan fingerprint density at radius 3 is 2.47 bits per heavy atom. The minimum absolute atomic E-state index is 0.0247. The number of rotatable bonds is 3. The highest BCUT2D eigenvalue weighted by atomic mass is 19.1. The Kier molecular flexibility index (Phi) is 4.11. The Bertz CT molecular complexity index is 364. The van der Waals surface area contributed by atoms with E-state index in [-0.39, 0.29) is 24.3 Å². The molecule has 1 saturated carbocycles. The van der Waals surface area contributed by atoms with Gasteiger partial charge in [0.15, 0.2) is 0 Å². The standard InChI is InChI=1S/C14H23FN2O2/c1-14(2)13(19)17(9-8-15)11(12(18)16-14)10-6-4-3-5-7-10/h10-11H,3-9H2,1-2H3,(H,16,18). The van der Waals surface area contributed by atoms with Gasteiger partial charge in [-0.15, -0.1) is 0 Å². The van der Waals surface area contributed by atoms with Gasteiger partial charge < -0.3 is 10.2 Å². The van der Waals surface area contributed by atoms with Crippen molar-refractivity contribution >= 4 is 11.8 Å². The lowest BCUT2D eigenvalue weighted by Crippen LogP contribution is -2.70. The molecule has 2 aliphatic rings. The predicted molar refractivity (Wildman–Crippen MR) is 70.3 cm³/mol. The number of alkyl halides is 1. The van der Waals surface area contributed by atoms with Crippen LogP contribution in [0.1, 0.15) is 46.0 Å². The zero-order valence-electron chi connectivity index (χ0n) is 11.7. The van der Waals surface area contributed by atoms with Gasteiger partial charge in [-0.25, -0.2) is 4.39 Å². The van der Waals surface area contributed by atoms with E-state index in [0.717, 1.165) is 25.7 Å². The molecule has 19 heavy (non-hydrogen) atoms. The second-order valence-electron chi connectivity index (χ2n) is 6.14. The van der Waals surface area contributed by atoms with E-state index >= 15 is 0 Å². The smallest absolute Gasteiger partial charge is 0.248 e. The molecule has 5 heteroatoms. The molecule has 2 rings (SSSR count). The molecule has 0 bridgehead atoms. The van der Waals surface area contributed by atoms with E-state index in [2.05, 4.69) is 5.32 Å². The van der Waals surface area contributed by atoms with Crippen LogP contribution in [0.2, 0.25) is 0 Å². The van der Waals surface area contributed by atoms with Gasteiger partial charge in [0, 0.05) is 6.54 Å². The van der Waals surface area contributed by atoms with E-state index in [0.29, 0.717) is 0 Å². The summed E-state index contributed by atoms with van der Waals surface area (Å²) in [7, 11) is 0. The molecule has 4 nitrogen and oxygen atoms in total. The Balaban J connectivity index is 2.22. The summed E-state index contributed by atoms with van der Waals surface area (Å²) < 4.78 is 12.7. The summed E-state index contributed by atoms with van der Waals surface area (Å²) in [4.78, 5) is 26.2. The molecule has 1 heterocycles. The average Bonchev–Trinajstić information content (AvgIpc) is 2.36. The lowest BCUT2D eigenvalue weighted by molar-refractivity contribution is -0.156. The van der Waals surface area contributed by atoms with Crippen LogP contribution in [-0.4, -0.2) is 41.5 Å². The molecule has 1 atom stereocenters. The number of nitrogens with one attached hydrogen (secondary N) is 1. The molecule has 0 aromatic heterocycles. The van der Waals surface area contributed by atoms with E-state index in [1.807, 2.05) is 0 Å². The van der Waals surface area contributed by atoms with Gasteiger partial charge in [0.05, 0.1) is 0 Å². The number of nitrogens with zero attached hydrogens (tertiary/aromatic N) is 1. The molecule has 1 aliphatic carbocycles. The largest absolute Gasteiger partial charge is 0.340 e. The summed E-state index contributed by atoms with van der Waals surface area (Å²) in [5.41, 5.74) is -0.919. The summed E-state index contributed by atoms with van der Waals surface area (Å²) in [6.07, 6.45) is 5.28. The summed E-state index contributed by atoms with van der Waals surface area (Å²) in [5.74, 6) is -0.106. The van der Waals surface area contributed by atoms with Gasteiger partial charge >= 0.3 is 0 Å². The number of carbonyl (C=O) groups is 2. The van der Waals surface area contributed by atoms with Crippen LogP contribution in [0.25, 0.3) is 0 Å². The Morgan fingerprint density at radius 1 is 1.26 bits per heavy atom. The molecule has 1 aliphatic heterocycles. The van der Waals surface area contributed by atoms with E-state index < -0.39 is 18.3 Å². The quantitative estimate of drug-likeness (QED) is 0.847. The second kappa shape index (κ2) is 5.47. The fraction of sp³-hybridized carbons (Fsp3) is 0.857. The molecule has 108 valence electrons. The third-order valence-corrected chi connectivity index (χ3v) is 4.26. The fourth-order valence-corrected chi connectivity index (χ4v) is 3.31.